The molecule has 1 aromatic heterocycles. The monoisotopic (exact) mass is 291 g/mol. The summed E-state index contributed by atoms with van der Waals surface area (Å²) >= 11 is 0. The lowest BCUT2D eigenvalue weighted by atomic mass is 9.82. The maximum Gasteiger partial charge on any atom is 0.243 e. The Morgan fingerprint density at radius 1 is 1.24 bits per heavy atom. The van der Waals surface area contributed by atoms with Crippen molar-refractivity contribution in [3.8, 4) is 0 Å². The number of carbonyl (C=O) groups is 1. The summed E-state index contributed by atoms with van der Waals surface area (Å²) in [5.41, 5.74) is 0.950. The van der Waals surface area contributed by atoms with Crippen LogP contribution in [-0.4, -0.2) is 65.9 Å². The number of likely N-dealkylation sites (N-methyl/N-ethyl adjacent to an activating group) is 2. The first-order valence-corrected chi connectivity index (χ1v) is 7.90. The zero-order chi connectivity index (χ0) is 14.9. The number of amides is 1. The average Bonchev–Trinajstić information content (AvgIpc) is 3.00. The van der Waals surface area contributed by atoms with E-state index >= 15 is 0 Å². The summed E-state index contributed by atoms with van der Waals surface area (Å²) in [4.78, 5) is 19.5. The van der Waals surface area contributed by atoms with Crippen LogP contribution >= 0.6 is 0 Å². The molecule has 2 fully saturated rings. The Labute approximate surface area is 126 Å². The van der Waals surface area contributed by atoms with Crippen LogP contribution in [0.1, 0.15) is 25.3 Å². The van der Waals surface area contributed by atoms with Crippen molar-refractivity contribution >= 4 is 5.91 Å². The first-order chi connectivity index (χ1) is 10.2. The van der Waals surface area contributed by atoms with Gasteiger partial charge in [0, 0.05) is 44.8 Å². The molecule has 0 atom stereocenters. The van der Waals surface area contributed by atoms with Gasteiger partial charge in [0.25, 0.3) is 0 Å². The Morgan fingerprint density at radius 3 is 2.62 bits per heavy atom. The Hall–Kier alpha value is -1.33. The highest BCUT2D eigenvalue weighted by Crippen LogP contribution is 2.33. The van der Waals surface area contributed by atoms with E-state index in [0.29, 0.717) is 5.91 Å². The second-order valence-corrected chi connectivity index (χ2v) is 6.25. The molecule has 3 rings (SSSR count). The quantitative estimate of drug-likeness (QED) is 0.844. The topological polar surface area (TPSA) is 39.9 Å². The molecule has 3 heterocycles. The van der Waals surface area contributed by atoms with Gasteiger partial charge >= 0.3 is 0 Å². The number of piperazine rings is 1. The molecule has 2 aliphatic heterocycles. The van der Waals surface area contributed by atoms with E-state index in [-0.39, 0.29) is 5.54 Å². The predicted molar refractivity (Wildman–Crippen MR) is 80.8 cm³/mol. The molecule has 0 aromatic carbocycles. The lowest BCUT2D eigenvalue weighted by Crippen LogP contribution is -2.67. The molecule has 1 amide bonds. The highest BCUT2D eigenvalue weighted by atomic mass is 16.3. The second kappa shape index (κ2) is 5.81. The number of hydrogen-bond donors (Lipinski definition) is 0. The van der Waals surface area contributed by atoms with Gasteiger partial charge in [-0.3, -0.25) is 14.6 Å². The van der Waals surface area contributed by atoms with E-state index < -0.39 is 0 Å². The molecular formula is C16H25N3O2. The van der Waals surface area contributed by atoms with Gasteiger partial charge in [0.1, 0.15) is 5.54 Å². The number of furan rings is 1. The third-order valence-corrected chi connectivity index (χ3v) is 5.17. The van der Waals surface area contributed by atoms with E-state index in [2.05, 4.69) is 23.8 Å². The molecular weight excluding hydrogens is 266 g/mol. The third-order valence-electron chi connectivity index (χ3n) is 5.17. The number of likely N-dealkylation sites (tertiary alicyclic amines) is 1. The maximum atomic E-state index is 12.8. The molecule has 2 aliphatic rings. The van der Waals surface area contributed by atoms with Crippen molar-refractivity contribution in [2.45, 2.75) is 31.8 Å². The Balaban J connectivity index is 1.66. The fourth-order valence-corrected chi connectivity index (χ4v) is 3.66. The largest absolute Gasteiger partial charge is 0.472 e. The van der Waals surface area contributed by atoms with Crippen LogP contribution < -0.4 is 0 Å². The second-order valence-electron chi connectivity index (χ2n) is 6.25. The molecule has 0 saturated carbocycles. The lowest BCUT2D eigenvalue weighted by Gasteiger charge is -2.51. The standard InChI is InChI=1S/C16H25N3O2/c1-3-19-10-9-17(2)16(15(19)20)5-7-18(8-6-16)12-14-4-11-21-13-14/h4,11,13H,3,5-10,12H2,1-2H3. The fraction of sp³-hybridized carbons (Fsp3) is 0.688. The number of piperidine rings is 1. The number of hydrogen-bond acceptors (Lipinski definition) is 4. The number of rotatable bonds is 3. The van der Waals surface area contributed by atoms with E-state index in [1.165, 1.54) is 5.56 Å². The number of nitrogens with zero attached hydrogens (tertiary/aromatic N) is 3. The molecule has 0 unspecified atom stereocenters. The molecule has 0 N–H and O–H groups in total. The van der Waals surface area contributed by atoms with Gasteiger partial charge in [-0.2, -0.15) is 0 Å². The van der Waals surface area contributed by atoms with E-state index in [1.807, 2.05) is 11.0 Å². The molecule has 5 nitrogen and oxygen atoms in total. The third kappa shape index (κ3) is 2.60. The van der Waals surface area contributed by atoms with Crippen molar-refractivity contribution in [2.75, 3.05) is 39.8 Å². The molecule has 1 aromatic rings. The summed E-state index contributed by atoms with van der Waals surface area (Å²) in [6.07, 6.45) is 5.38. The van der Waals surface area contributed by atoms with Gasteiger partial charge in [-0.1, -0.05) is 0 Å². The van der Waals surface area contributed by atoms with Gasteiger partial charge in [0.15, 0.2) is 0 Å². The maximum absolute atomic E-state index is 12.8. The van der Waals surface area contributed by atoms with Crippen molar-refractivity contribution in [3.05, 3.63) is 24.2 Å². The first kappa shape index (κ1) is 14.6. The van der Waals surface area contributed by atoms with Gasteiger partial charge in [-0.15, -0.1) is 0 Å². The molecule has 2 saturated heterocycles. The minimum Gasteiger partial charge on any atom is -0.472 e. The molecule has 0 radical (unpaired) electrons. The molecule has 116 valence electrons. The molecule has 1 spiro atoms. The summed E-state index contributed by atoms with van der Waals surface area (Å²) in [5, 5.41) is 0. The predicted octanol–water partition coefficient (Wildman–Crippen LogP) is 1.41. The highest BCUT2D eigenvalue weighted by Gasteiger charge is 2.48. The van der Waals surface area contributed by atoms with Gasteiger partial charge in [-0.05, 0) is 32.9 Å². The molecule has 5 heteroatoms. The van der Waals surface area contributed by atoms with E-state index in [1.54, 1.807) is 12.5 Å². The van der Waals surface area contributed by atoms with Gasteiger partial charge in [0.05, 0.1) is 12.5 Å². The number of carbonyl (C=O) groups excluding carboxylic acids is 1. The van der Waals surface area contributed by atoms with Crippen molar-refractivity contribution < 1.29 is 9.21 Å². The average molecular weight is 291 g/mol. The van der Waals surface area contributed by atoms with Crippen LogP contribution in [0.15, 0.2) is 23.0 Å². The van der Waals surface area contributed by atoms with Gasteiger partial charge < -0.3 is 9.32 Å². The van der Waals surface area contributed by atoms with Crippen molar-refractivity contribution in [3.63, 3.8) is 0 Å². The lowest BCUT2D eigenvalue weighted by molar-refractivity contribution is -0.154. The Morgan fingerprint density at radius 2 is 2.00 bits per heavy atom. The zero-order valence-corrected chi connectivity index (χ0v) is 13.0. The summed E-state index contributed by atoms with van der Waals surface area (Å²) in [7, 11) is 2.11. The Bertz CT molecular complexity index is 478. The van der Waals surface area contributed by atoms with Crippen LogP contribution in [-0.2, 0) is 11.3 Å². The van der Waals surface area contributed by atoms with E-state index in [4.69, 9.17) is 4.42 Å². The fourth-order valence-electron chi connectivity index (χ4n) is 3.66. The van der Waals surface area contributed by atoms with Crippen molar-refractivity contribution in [1.82, 2.24) is 14.7 Å². The van der Waals surface area contributed by atoms with E-state index in [9.17, 15) is 4.79 Å². The minimum atomic E-state index is -0.263. The van der Waals surface area contributed by atoms with Crippen molar-refractivity contribution in [1.29, 1.82) is 0 Å². The van der Waals surface area contributed by atoms with Crippen LogP contribution in [0, 0.1) is 0 Å². The Kier molecular flexibility index (Phi) is 4.04. The van der Waals surface area contributed by atoms with Crippen LogP contribution in [0.4, 0.5) is 0 Å². The zero-order valence-electron chi connectivity index (χ0n) is 13.0. The van der Waals surface area contributed by atoms with Crippen LogP contribution in [0.2, 0.25) is 0 Å². The smallest absolute Gasteiger partial charge is 0.243 e. The first-order valence-electron chi connectivity index (χ1n) is 7.90. The molecule has 21 heavy (non-hydrogen) atoms. The highest BCUT2D eigenvalue weighted by molar-refractivity contribution is 5.87. The minimum absolute atomic E-state index is 0.263. The SMILES string of the molecule is CCN1CCN(C)C2(CCN(Cc3ccoc3)CC2)C1=O. The molecule has 0 bridgehead atoms. The van der Waals surface area contributed by atoms with Gasteiger partial charge in [0.2, 0.25) is 5.91 Å². The van der Waals surface area contributed by atoms with Crippen molar-refractivity contribution in [2.24, 2.45) is 0 Å². The van der Waals surface area contributed by atoms with Crippen LogP contribution in [0.3, 0.4) is 0 Å². The summed E-state index contributed by atoms with van der Waals surface area (Å²) in [5.74, 6) is 0.335. The molecule has 0 aliphatic carbocycles. The normalized spacial score (nSPS) is 23.9. The summed E-state index contributed by atoms with van der Waals surface area (Å²) in [6.45, 7) is 7.62. The summed E-state index contributed by atoms with van der Waals surface area (Å²) < 4.78 is 5.13. The van der Waals surface area contributed by atoms with Crippen LogP contribution in [0.25, 0.3) is 0 Å². The van der Waals surface area contributed by atoms with E-state index in [0.717, 1.165) is 52.1 Å². The van der Waals surface area contributed by atoms with Gasteiger partial charge in [-0.25, -0.2) is 0 Å². The summed E-state index contributed by atoms with van der Waals surface area (Å²) in [6, 6.07) is 2.01. The van der Waals surface area contributed by atoms with Crippen LogP contribution in [0.5, 0.6) is 0 Å².